The second-order valence-electron chi connectivity index (χ2n) is 4.42. The minimum absolute atomic E-state index is 0.0698. The molecule has 3 rings (SSSR count). The van der Waals surface area contributed by atoms with E-state index >= 15 is 0 Å². The Morgan fingerprint density at radius 3 is 2.63 bits per heavy atom. The first-order chi connectivity index (χ1) is 8.99. The Hall–Kier alpha value is -2.50. The molecule has 0 amide bonds. The molecule has 98 valence electrons. The highest BCUT2D eigenvalue weighted by molar-refractivity contribution is 5.97. The van der Waals surface area contributed by atoms with Crippen LogP contribution >= 0.6 is 0 Å². The van der Waals surface area contributed by atoms with Crippen LogP contribution < -0.4 is 0 Å². The molecule has 1 aromatic carbocycles. The summed E-state index contributed by atoms with van der Waals surface area (Å²) in [5.74, 6) is -1.84. The molecule has 1 aromatic rings. The number of phenols is 2. The third-order valence-corrected chi connectivity index (χ3v) is 3.28. The summed E-state index contributed by atoms with van der Waals surface area (Å²) in [6, 6.07) is 1.07. The van der Waals surface area contributed by atoms with Crippen LogP contribution in [0.3, 0.4) is 0 Å². The van der Waals surface area contributed by atoms with Crippen LogP contribution in [-0.4, -0.2) is 28.3 Å². The monoisotopic (exact) mass is 262 g/mol. The molecule has 0 aromatic heterocycles. The van der Waals surface area contributed by atoms with Gasteiger partial charge in [-0.2, -0.15) is 0 Å². The first-order valence-electron chi connectivity index (χ1n) is 5.64. The first-order valence-corrected chi connectivity index (χ1v) is 5.64. The van der Waals surface area contributed by atoms with Crippen molar-refractivity contribution in [3.8, 4) is 11.5 Å². The number of carbonyl (C=O) groups excluding carboxylic acids is 2. The molecule has 0 radical (unpaired) electrons. The summed E-state index contributed by atoms with van der Waals surface area (Å²) in [7, 11) is 0. The molecule has 0 fully saturated rings. The Balaban J connectivity index is 2.27. The number of benzene rings is 1. The van der Waals surface area contributed by atoms with E-state index in [-0.39, 0.29) is 16.9 Å². The predicted octanol–water partition coefficient (Wildman–Crippen LogP) is 1.10. The molecule has 2 aliphatic heterocycles. The van der Waals surface area contributed by atoms with Crippen LogP contribution in [0.4, 0.5) is 0 Å². The predicted molar refractivity (Wildman–Crippen MR) is 61.7 cm³/mol. The van der Waals surface area contributed by atoms with Crippen molar-refractivity contribution in [2.45, 2.75) is 19.1 Å². The quantitative estimate of drug-likeness (QED) is 0.680. The van der Waals surface area contributed by atoms with Gasteiger partial charge in [-0.1, -0.05) is 0 Å². The number of hydrogen-bond acceptors (Lipinski definition) is 6. The Morgan fingerprint density at radius 1 is 1.16 bits per heavy atom. The van der Waals surface area contributed by atoms with Gasteiger partial charge in [0.05, 0.1) is 0 Å². The molecule has 2 aliphatic rings. The van der Waals surface area contributed by atoms with Gasteiger partial charge in [0.2, 0.25) is 0 Å². The van der Waals surface area contributed by atoms with E-state index in [9.17, 15) is 19.8 Å². The zero-order valence-electron chi connectivity index (χ0n) is 9.91. The van der Waals surface area contributed by atoms with E-state index in [2.05, 4.69) is 0 Å². The van der Waals surface area contributed by atoms with Crippen molar-refractivity contribution in [1.29, 1.82) is 0 Å². The molecule has 6 nitrogen and oxygen atoms in total. The van der Waals surface area contributed by atoms with Crippen molar-refractivity contribution in [1.82, 2.24) is 0 Å². The van der Waals surface area contributed by atoms with Gasteiger partial charge in [-0.3, -0.25) is 0 Å². The number of aromatic hydroxyl groups is 2. The molecule has 2 heterocycles. The fourth-order valence-corrected chi connectivity index (χ4v) is 2.36. The smallest absolute Gasteiger partial charge is 0.343 e. The zero-order chi connectivity index (χ0) is 13.7. The van der Waals surface area contributed by atoms with Crippen LogP contribution in [0.5, 0.6) is 11.5 Å². The lowest BCUT2D eigenvalue weighted by Crippen LogP contribution is -2.36. The number of esters is 2. The van der Waals surface area contributed by atoms with E-state index in [0.717, 1.165) is 6.07 Å². The van der Waals surface area contributed by atoms with E-state index in [1.165, 1.54) is 12.2 Å². The average Bonchev–Trinajstić information content (AvgIpc) is 2.35. The first kappa shape index (κ1) is 11.6. The van der Waals surface area contributed by atoms with Gasteiger partial charge in [0.25, 0.3) is 0 Å². The van der Waals surface area contributed by atoms with Crippen LogP contribution in [-0.2, 0) is 14.3 Å². The van der Waals surface area contributed by atoms with E-state index in [0.29, 0.717) is 5.56 Å². The van der Waals surface area contributed by atoms with Crippen molar-refractivity contribution < 1.29 is 29.3 Å². The van der Waals surface area contributed by atoms with Crippen LogP contribution in [0.15, 0.2) is 18.2 Å². The Bertz CT molecular complexity index is 631. The maximum Gasteiger partial charge on any atom is 0.343 e. The summed E-state index contributed by atoms with van der Waals surface area (Å²) in [5, 5.41) is 19.5. The molecular weight excluding hydrogens is 252 g/mol. The van der Waals surface area contributed by atoms with Crippen molar-refractivity contribution >= 4 is 11.9 Å². The second-order valence-corrected chi connectivity index (χ2v) is 4.42. The van der Waals surface area contributed by atoms with Crippen LogP contribution in [0.1, 0.15) is 27.6 Å². The minimum atomic E-state index is -0.844. The van der Waals surface area contributed by atoms with Crippen molar-refractivity contribution in [2.75, 3.05) is 0 Å². The molecular formula is C13H10O6. The topological polar surface area (TPSA) is 93.1 Å². The number of rotatable bonds is 0. The van der Waals surface area contributed by atoms with E-state index < -0.39 is 29.9 Å². The molecule has 6 heteroatoms. The molecule has 0 bridgehead atoms. The molecule has 0 spiro atoms. The third-order valence-electron chi connectivity index (χ3n) is 3.28. The molecule has 2 unspecified atom stereocenters. The highest BCUT2D eigenvalue weighted by atomic mass is 16.6. The lowest BCUT2D eigenvalue weighted by molar-refractivity contribution is -0.151. The van der Waals surface area contributed by atoms with E-state index in [4.69, 9.17) is 9.47 Å². The van der Waals surface area contributed by atoms with Crippen molar-refractivity contribution in [3.63, 3.8) is 0 Å². The summed E-state index contributed by atoms with van der Waals surface area (Å²) in [6.07, 6.45) is 1.02. The Morgan fingerprint density at radius 2 is 1.89 bits per heavy atom. The standard InChI is InChI=1S/C13H10O6/c1-5-6(14)4-7(15)11-10(5)12-8(18-13(11)17)2-3-9(16)19-12/h2-4,8,12,14-15H,1H3. The van der Waals surface area contributed by atoms with Gasteiger partial charge in [0.1, 0.15) is 17.1 Å². The minimum Gasteiger partial charge on any atom is -0.508 e. The van der Waals surface area contributed by atoms with Gasteiger partial charge in [-0.15, -0.1) is 0 Å². The average molecular weight is 262 g/mol. The highest BCUT2D eigenvalue weighted by Crippen LogP contribution is 2.43. The molecule has 0 saturated heterocycles. The molecule has 19 heavy (non-hydrogen) atoms. The zero-order valence-corrected chi connectivity index (χ0v) is 9.91. The largest absolute Gasteiger partial charge is 0.508 e. The maximum absolute atomic E-state index is 11.9. The number of carbonyl (C=O) groups is 2. The highest BCUT2D eigenvalue weighted by Gasteiger charge is 2.42. The maximum atomic E-state index is 11.9. The van der Waals surface area contributed by atoms with Gasteiger partial charge in [0.15, 0.2) is 12.2 Å². The summed E-state index contributed by atoms with van der Waals surface area (Å²) in [4.78, 5) is 23.2. The fraction of sp³-hybridized carbons (Fsp3) is 0.231. The number of ether oxygens (including phenoxy) is 2. The molecule has 0 aliphatic carbocycles. The third kappa shape index (κ3) is 1.56. The Labute approximate surface area is 107 Å². The lowest BCUT2D eigenvalue weighted by Gasteiger charge is -2.34. The number of phenolic OH excluding ortho intramolecular Hbond substituents is 2. The van der Waals surface area contributed by atoms with Crippen molar-refractivity contribution in [2.24, 2.45) is 0 Å². The number of hydrogen-bond donors (Lipinski definition) is 2. The van der Waals surface area contributed by atoms with Crippen LogP contribution in [0.2, 0.25) is 0 Å². The van der Waals surface area contributed by atoms with E-state index in [1.807, 2.05) is 0 Å². The van der Waals surface area contributed by atoms with Crippen molar-refractivity contribution in [3.05, 3.63) is 34.9 Å². The molecule has 2 atom stereocenters. The molecule has 2 N–H and O–H groups in total. The van der Waals surface area contributed by atoms with Gasteiger partial charge in [-0.05, 0) is 18.6 Å². The summed E-state index contributed by atoms with van der Waals surface area (Å²) in [5.41, 5.74) is 0.596. The van der Waals surface area contributed by atoms with Crippen LogP contribution in [0, 0.1) is 6.92 Å². The SMILES string of the molecule is Cc1c(O)cc(O)c2c1C1OC(=O)C=CC1OC2=O. The summed E-state index contributed by atoms with van der Waals surface area (Å²) >= 11 is 0. The fourth-order valence-electron chi connectivity index (χ4n) is 2.36. The van der Waals surface area contributed by atoms with Gasteiger partial charge < -0.3 is 19.7 Å². The number of fused-ring (bicyclic) bond motifs is 3. The second kappa shape index (κ2) is 3.74. The van der Waals surface area contributed by atoms with E-state index in [1.54, 1.807) is 6.92 Å². The van der Waals surface area contributed by atoms with Gasteiger partial charge >= 0.3 is 11.9 Å². The normalized spacial score (nSPS) is 24.3. The van der Waals surface area contributed by atoms with Crippen LogP contribution in [0.25, 0.3) is 0 Å². The lowest BCUT2D eigenvalue weighted by atomic mass is 9.89. The molecule has 0 saturated carbocycles. The summed E-state index contributed by atoms with van der Waals surface area (Å²) in [6.45, 7) is 1.58. The Kier molecular flexibility index (Phi) is 2.28. The van der Waals surface area contributed by atoms with Gasteiger partial charge in [0, 0.05) is 17.7 Å². The summed E-state index contributed by atoms with van der Waals surface area (Å²) < 4.78 is 10.2. The van der Waals surface area contributed by atoms with Gasteiger partial charge in [-0.25, -0.2) is 9.59 Å².